The number of alkyl carbamates (subject to hydrolysis) is 1. The Morgan fingerprint density at radius 3 is 2.44 bits per heavy atom. The van der Waals surface area contributed by atoms with Crippen molar-refractivity contribution in [2.75, 3.05) is 19.7 Å². The van der Waals surface area contributed by atoms with Gasteiger partial charge in [0.1, 0.15) is 11.7 Å². The maximum Gasteiger partial charge on any atom is 0.408 e. The number of esters is 1. The number of hydrogen-bond acceptors (Lipinski definition) is 7. The zero-order chi connectivity index (χ0) is 23.9. The lowest BCUT2D eigenvalue weighted by Crippen LogP contribution is -2.58. The molecule has 2 rings (SSSR count). The largest absolute Gasteiger partial charge is 0.450 e. The molecule has 2 aliphatic rings. The minimum atomic E-state index is -1.30. The molecule has 1 aliphatic carbocycles. The Labute approximate surface area is 189 Å². The first-order valence-corrected chi connectivity index (χ1v) is 11.4. The molecule has 10 nitrogen and oxygen atoms in total. The van der Waals surface area contributed by atoms with Crippen LogP contribution in [0, 0.1) is 0 Å². The third-order valence-electron chi connectivity index (χ3n) is 5.02. The van der Waals surface area contributed by atoms with Gasteiger partial charge in [-0.2, -0.15) is 0 Å². The van der Waals surface area contributed by atoms with E-state index < -0.39 is 41.8 Å². The summed E-state index contributed by atoms with van der Waals surface area (Å²) < 4.78 is 16.3. The molecule has 1 aliphatic heterocycles. The summed E-state index contributed by atoms with van der Waals surface area (Å²) in [5.41, 5.74) is -0.760. The molecular formula is C22H37N3O7. The highest BCUT2D eigenvalue weighted by Gasteiger charge is 2.40. The number of nitrogens with zero attached hydrogens (tertiary/aromatic N) is 1. The monoisotopic (exact) mass is 455 g/mol. The second-order valence-electron chi connectivity index (χ2n) is 9.35. The van der Waals surface area contributed by atoms with Gasteiger partial charge in [-0.15, -0.1) is 0 Å². The summed E-state index contributed by atoms with van der Waals surface area (Å²) in [7, 11) is 0. The number of nitrogens with one attached hydrogen (secondary N) is 2. The molecule has 0 spiro atoms. The fraction of sp³-hybridized carbons (Fsp3) is 0.818. The zero-order valence-electron chi connectivity index (χ0n) is 19.8. The lowest BCUT2D eigenvalue weighted by molar-refractivity contribution is -0.156. The van der Waals surface area contributed by atoms with Crippen molar-refractivity contribution >= 4 is 23.9 Å². The molecule has 32 heavy (non-hydrogen) atoms. The minimum absolute atomic E-state index is 0.0122. The quantitative estimate of drug-likeness (QED) is 0.357. The third kappa shape index (κ3) is 8.64. The van der Waals surface area contributed by atoms with Gasteiger partial charge in [0.2, 0.25) is 6.10 Å². The second-order valence-corrected chi connectivity index (χ2v) is 9.35. The maximum atomic E-state index is 12.8. The first kappa shape index (κ1) is 25.9. The zero-order valence-corrected chi connectivity index (χ0v) is 19.8. The van der Waals surface area contributed by atoms with Gasteiger partial charge in [-0.05, 0) is 40.0 Å². The highest BCUT2D eigenvalue weighted by Crippen LogP contribution is 2.21. The molecule has 1 unspecified atom stereocenters. The maximum absolute atomic E-state index is 12.8. The van der Waals surface area contributed by atoms with Gasteiger partial charge in [-0.25, -0.2) is 4.79 Å². The van der Waals surface area contributed by atoms with Crippen molar-refractivity contribution in [1.29, 1.82) is 0 Å². The van der Waals surface area contributed by atoms with Gasteiger partial charge in [-0.3, -0.25) is 14.4 Å². The number of unbranched alkanes of at least 4 members (excludes halogenated alkanes) is 1. The standard InChI is InChI=1S/C22H37N3O7/c1-6-7-12-30-17-10-11-25(20(17)28)13-16(24-21(29)32-22(3,4)5)18(31-14(2)26)19(27)23-15-8-9-15/h15-18H,6-13H2,1-5H3,(H,23,27)(H,24,29)/t16-,17-,18?/m0/s1. The van der Waals surface area contributed by atoms with Gasteiger partial charge in [0.25, 0.3) is 11.8 Å². The molecule has 0 aromatic carbocycles. The topological polar surface area (TPSA) is 123 Å². The molecule has 3 atom stereocenters. The van der Waals surface area contributed by atoms with Crippen LogP contribution in [0.3, 0.4) is 0 Å². The second kappa shape index (κ2) is 11.5. The van der Waals surface area contributed by atoms with E-state index in [9.17, 15) is 19.2 Å². The Morgan fingerprint density at radius 1 is 1.19 bits per heavy atom. The predicted molar refractivity (Wildman–Crippen MR) is 116 cm³/mol. The Kier molecular flexibility index (Phi) is 9.30. The Morgan fingerprint density at radius 2 is 1.88 bits per heavy atom. The first-order chi connectivity index (χ1) is 15.0. The van der Waals surface area contributed by atoms with Crippen LogP contribution < -0.4 is 10.6 Å². The van der Waals surface area contributed by atoms with Crippen LogP contribution in [0.15, 0.2) is 0 Å². The summed E-state index contributed by atoms with van der Waals surface area (Å²) in [4.78, 5) is 51.4. The lowest BCUT2D eigenvalue weighted by Gasteiger charge is -2.31. The van der Waals surface area contributed by atoms with Crippen molar-refractivity contribution in [3.05, 3.63) is 0 Å². The molecule has 3 amide bonds. The van der Waals surface area contributed by atoms with Gasteiger partial charge in [0.05, 0.1) is 6.04 Å². The Hall–Kier alpha value is -2.36. The van der Waals surface area contributed by atoms with Crippen LogP contribution in [-0.2, 0) is 28.6 Å². The molecule has 182 valence electrons. The van der Waals surface area contributed by atoms with Crippen molar-refractivity contribution < 1.29 is 33.4 Å². The molecular weight excluding hydrogens is 418 g/mol. The summed E-state index contributed by atoms with van der Waals surface area (Å²) in [5.74, 6) is -1.38. The van der Waals surface area contributed by atoms with Crippen LogP contribution in [0.2, 0.25) is 0 Å². The molecule has 0 aromatic rings. The van der Waals surface area contributed by atoms with E-state index in [1.54, 1.807) is 20.8 Å². The fourth-order valence-corrected chi connectivity index (χ4v) is 3.34. The third-order valence-corrected chi connectivity index (χ3v) is 5.02. The molecule has 2 fully saturated rings. The fourth-order valence-electron chi connectivity index (χ4n) is 3.34. The summed E-state index contributed by atoms with van der Waals surface area (Å²) in [6.45, 7) is 9.29. The van der Waals surface area contributed by atoms with E-state index in [2.05, 4.69) is 10.6 Å². The van der Waals surface area contributed by atoms with Crippen molar-refractivity contribution in [3.63, 3.8) is 0 Å². The van der Waals surface area contributed by atoms with Crippen LogP contribution >= 0.6 is 0 Å². The molecule has 10 heteroatoms. The van der Waals surface area contributed by atoms with E-state index in [0.29, 0.717) is 19.6 Å². The van der Waals surface area contributed by atoms with Crippen LogP contribution in [-0.4, -0.2) is 78.4 Å². The number of hydrogen-bond donors (Lipinski definition) is 2. The van der Waals surface area contributed by atoms with E-state index in [-0.39, 0.29) is 18.5 Å². The Balaban J connectivity index is 2.14. The van der Waals surface area contributed by atoms with E-state index >= 15 is 0 Å². The number of ether oxygens (including phenoxy) is 3. The average molecular weight is 456 g/mol. The van der Waals surface area contributed by atoms with Gasteiger partial charge in [0, 0.05) is 39.1 Å². The number of amides is 3. The van der Waals surface area contributed by atoms with E-state index in [0.717, 1.165) is 25.7 Å². The van der Waals surface area contributed by atoms with Gasteiger partial charge in [0.15, 0.2) is 0 Å². The first-order valence-electron chi connectivity index (χ1n) is 11.4. The number of rotatable bonds is 11. The number of carbonyl (C=O) groups excluding carboxylic acids is 4. The number of likely N-dealkylation sites (tertiary alicyclic amines) is 1. The predicted octanol–water partition coefficient (Wildman–Crippen LogP) is 1.51. The summed E-state index contributed by atoms with van der Waals surface area (Å²) >= 11 is 0. The van der Waals surface area contributed by atoms with Gasteiger partial charge in [-0.1, -0.05) is 13.3 Å². The molecule has 1 saturated heterocycles. The van der Waals surface area contributed by atoms with Crippen molar-refractivity contribution in [2.45, 2.75) is 96.6 Å². The van der Waals surface area contributed by atoms with Crippen LogP contribution in [0.1, 0.15) is 66.7 Å². The van der Waals surface area contributed by atoms with Gasteiger partial charge >= 0.3 is 12.1 Å². The van der Waals surface area contributed by atoms with Crippen LogP contribution in [0.4, 0.5) is 4.79 Å². The SMILES string of the molecule is CCCCO[C@H]1CCN(C[C@H](NC(=O)OC(C)(C)C)C(OC(C)=O)C(=O)NC2CC2)C1=O. The van der Waals surface area contributed by atoms with Crippen LogP contribution in [0.25, 0.3) is 0 Å². The van der Waals surface area contributed by atoms with Gasteiger partial charge < -0.3 is 29.7 Å². The highest BCUT2D eigenvalue weighted by molar-refractivity contribution is 5.86. The normalized spacial score (nSPS) is 20.5. The molecule has 0 bridgehead atoms. The molecule has 2 N–H and O–H groups in total. The smallest absolute Gasteiger partial charge is 0.408 e. The summed E-state index contributed by atoms with van der Waals surface area (Å²) in [5, 5.41) is 5.44. The number of carbonyl (C=O) groups is 4. The van der Waals surface area contributed by atoms with E-state index in [1.165, 1.54) is 11.8 Å². The molecule has 1 heterocycles. The van der Waals surface area contributed by atoms with E-state index in [4.69, 9.17) is 14.2 Å². The van der Waals surface area contributed by atoms with Crippen molar-refractivity contribution in [2.24, 2.45) is 0 Å². The molecule has 0 aromatic heterocycles. The highest BCUT2D eigenvalue weighted by atomic mass is 16.6. The van der Waals surface area contributed by atoms with Crippen LogP contribution in [0.5, 0.6) is 0 Å². The molecule has 0 radical (unpaired) electrons. The van der Waals surface area contributed by atoms with Crippen molar-refractivity contribution in [1.82, 2.24) is 15.5 Å². The summed E-state index contributed by atoms with van der Waals surface area (Å²) in [6.07, 6.45) is 1.45. The summed E-state index contributed by atoms with van der Waals surface area (Å²) in [6, 6.07) is -0.946. The Bertz CT molecular complexity index is 688. The lowest BCUT2D eigenvalue weighted by atomic mass is 10.1. The molecule has 1 saturated carbocycles. The average Bonchev–Trinajstić information content (AvgIpc) is 3.42. The van der Waals surface area contributed by atoms with Crippen molar-refractivity contribution in [3.8, 4) is 0 Å². The van der Waals surface area contributed by atoms with E-state index in [1.807, 2.05) is 6.92 Å². The minimum Gasteiger partial charge on any atom is -0.450 e.